The van der Waals surface area contributed by atoms with Gasteiger partial charge in [-0.15, -0.1) is 0 Å². The van der Waals surface area contributed by atoms with Crippen LogP contribution in [0.5, 0.6) is 0 Å². The summed E-state index contributed by atoms with van der Waals surface area (Å²) in [6.07, 6.45) is 4.55. The smallest absolute Gasteiger partial charge is 0.0375 e. The number of nitrogens with zero attached hydrogens (tertiary/aromatic N) is 2. The predicted molar refractivity (Wildman–Crippen MR) is 62.8 cm³/mol. The van der Waals surface area contributed by atoms with Crippen LogP contribution in [0, 0.1) is 6.92 Å². The molecular formula is C13H20N2. The Labute approximate surface area is 92.3 Å². The van der Waals surface area contributed by atoms with E-state index in [2.05, 4.69) is 42.8 Å². The number of likely N-dealkylation sites (tertiary alicyclic amines) is 1. The Bertz CT molecular complexity index is 333. The molecule has 2 heterocycles. The van der Waals surface area contributed by atoms with Crippen LogP contribution < -0.4 is 0 Å². The van der Waals surface area contributed by atoms with E-state index in [4.69, 9.17) is 0 Å². The van der Waals surface area contributed by atoms with Crippen LogP contribution in [0.4, 0.5) is 0 Å². The summed E-state index contributed by atoms with van der Waals surface area (Å²) in [5, 5.41) is 0. The molecule has 2 heteroatoms. The van der Waals surface area contributed by atoms with Gasteiger partial charge < -0.3 is 0 Å². The van der Waals surface area contributed by atoms with Crippen LogP contribution in [-0.2, 0) is 0 Å². The molecule has 2 rings (SSSR count). The van der Waals surface area contributed by atoms with Crippen LogP contribution in [0.2, 0.25) is 0 Å². The zero-order valence-corrected chi connectivity index (χ0v) is 9.90. The highest BCUT2D eigenvalue weighted by Gasteiger charge is 2.27. The van der Waals surface area contributed by atoms with Gasteiger partial charge in [-0.1, -0.05) is 0 Å². The van der Waals surface area contributed by atoms with Gasteiger partial charge in [-0.3, -0.25) is 9.88 Å². The Hall–Kier alpha value is -0.890. The fourth-order valence-corrected chi connectivity index (χ4v) is 2.54. The van der Waals surface area contributed by atoms with E-state index in [0.29, 0.717) is 12.1 Å². The molecule has 0 bridgehead atoms. The van der Waals surface area contributed by atoms with Gasteiger partial charge in [-0.05, 0) is 57.9 Å². The molecule has 1 fully saturated rings. The van der Waals surface area contributed by atoms with E-state index in [1.165, 1.54) is 24.9 Å². The summed E-state index contributed by atoms with van der Waals surface area (Å²) in [6.45, 7) is 7.88. The average molecular weight is 204 g/mol. The summed E-state index contributed by atoms with van der Waals surface area (Å²) in [7, 11) is 0. The lowest BCUT2D eigenvalue weighted by atomic mass is 10.0. The molecule has 0 spiro atoms. The van der Waals surface area contributed by atoms with Gasteiger partial charge in [0.25, 0.3) is 0 Å². The van der Waals surface area contributed by atoms with Crippen molar-refractivity contribution in [1.82, 2.24) is 9.88 Å². The molecule has 2 nitrogen and oxygen atoms in total. The molecule has 82 valence electrons. The number of hydrogen-bond donors (Lipinski definition) is 0. The maximum atomic E-state index is 4.26. The third-order valence-corrected chi connectivity index (χ3v) is 3.26. The lowest BCUT2D eigenvalue weighted by Crippen LogP contribution is -2.30. The molecule has 15 heavy (non-hydrogen) atoms. The van der Waals surface area contributed by atoms with Gasteiger partial charge >= 0.3 is 0 Å². The standard InChI is InChI=1S/C13H20N2/c1-10(2)15-8-4-5-13(15)12-6-7-14-11(3)9-12/h6-7,9-10,13H,4-5,8H2,1-3H3/t13-/m1/s1. The predicted octanol–water partition coefficient (Wildman–Crippen LogP) is 2.94. The molecular weight excluding hydrogens is 184 g/mol. The first kappa shape index (κ1) is 10.6. The quantitative estimate of drug-likeness (QED) is 0.736. The fourth-order valence-electron chi connectivity index (χ4n) is 2.54. The van der Waals surface area contributed by atoms with Crippen LogP contribution >= 0.6 is 0 Å². The van der Waals surface area contributed by atoms with Crippen molar-refractivity contribution in [2.45, 2.75) is 45.7 Å². The van der Waals surface area contributed by atoms with Crippen LogP contribution in [0.25, 0.3) is 0 Å². The van der Waals surface area contributed by atoms with E-state index in [0.717, 1.165) is 5.69 Å². The monoisotopic (exact) mass is 204 g/mol. The summed E-state index contributed by atoms with van der Waals surface area (Å²) in [6, 6.07) is 5.65. The molecule has 1 aliphatic heterocycles. The van der Waals surface area contributed by atoms with Gasteiger partial charge in [0.05, 0.1) is 0 Å². The molecule has 1 atom stereocenters. The minimum Gasteiger partial charge on any atom is -0.294 e. The van der Waals surface area contributed by atoms with Crippen molar-refractivity contribution in [2.24, 2.45) is 0 Å². The van der Waals surface area contributed by atoms with Crippen molar-refractivity contribution in [1.29, 1.82) is 0 Å². The number of aromatic nitrogens is 1. The first-order valence-electron chi connectivity index (χ1n) is 5.87. The highest BCUT2D eigenvalue weighted by atomic mass is 15.2. The maximum Gasteiger partial charge on any atom is 0.0375 e. The van der Waals surface area contributed by atoms with E-state index in [1.54, 1.807) is 0 Å². The number of pyridine rings is 1. The SMILES string of the molecule is Cc1cc([C@H]2CCCN2C(C)C)ccn1. The first-order chi connectivity index (χ1) is 7.18. The molecule has 0 unspecified atom stereocenters. The average Bonchev–Trinajstić information content (AvgIpc) is 2.65. The van der Waals surface area contributed by atoms with E-state index in [1.807, 2.05) is 6.20 Å². The normalized spacial score (nSPS) is 22.5. The van der Waals surface area contributed by atoms with Gasteiger partial charge in [0, 0.05) is 24.0 Å². The Balaban J connectivity index is 2.22. The number of aryl methyl sites for hydroxylation is 1. The molecule has 1 aromatic rings. The molecule has 0 radical (unpaired) electrons. The Morgan fingerprint density at radius 3 is 2.93 bits per heavy atom. The molecule has 0 aromatic carbocycles. The van der Waals surface area contributed by atoms with Crippen molar-refractivity contribution >= 4 is 0 Å². The molecule has 0 amide bonds. The lowest BCUT2D eigenvalue weighted by molar-refractivity contribution is 0.205. The minimum absolute atomic E-state index is 0.617. The van der Waals surface area contributed by atoms with Crippen molar-refractivity contribution in [3.8, 4) is 0 Å². The third kappa shape index (κ3) is 2.20. The summed E-state index contributed by atoms with van der Waals surface area (Å²) in [4.78, 5) is 6.85. The minimum atomic E-state index is 0.617. The van der Waals surface area contributed by atoms with E-state index >= 15 is 0 Å². The Kier molecular flexibility index (Phi) is 3.06. The van der Waals surface area contributed by atoms with Crippen molar-refractivity contribution in [3.63, 3.8) is 0 Å². The second-order valence-electron chi connectivity index (χ2n) is 4.72. The zero-order chi connectivity index (χ0) is 10.8. The van der Waals surface area contributed by atoms with E-state index < -0.39 is 0 Å². The van der Waals surface area contributed by atoms with Crippen molar-refractivity contribution in [3.05, 3.63) is 29.6 Å². The molecule has 0 N–H and O–H groups in total. The summed E-state index contributed by atoms with van der Waals surface area (Å²) < 4.78 is 0. The molecule has 1 aromatic heterocycles. The molecule has 1 aliphatic rings. The third-order valence-electron chi connectivity index (χ3n) is 3.26. The first-order valence-corrected chi connectivity index (χ1v) is 5.87. The second-order valence-corrected chi connectivity index (χ2v) is 4.72. The maximum absolute atomic E-state index is 4.26. The lowest BCUT2D eigenvalue weighted by Gasteiger charge is -2.28. The van der Waals surface area contributed by atoms with Gasteiger partial charge in [-0.25, -0.2) is 0 Å². The van der Waals surface area contributed by atoms with Gasteiger partial charge in [0.15, 0.2) is 0 Å². The van der Waals surface area contributed by atoms with Gasteiger partial charge in [0.2, 0.25) is 0 Å². The van der Waals surface area contributed by atoms with Crippen molar-refractivity contribution < 1.29 is 0 Å². The molecule has 0 aliphatic carbocycles. The van der Waals surface area contributed by atoms with Crippen LogP contribution in [0.3, 0.4) is 0 Å². The second kappa shape index (κ2) is 4.31. The summed E-state index contributed by atoms with van der Waals surface area (Å²) >= 11 is 0. The fraction of sp³-hybridized carbons (Fsp3) is 0.615. The Morgan fingerprint density at radius 2 is 2.27 bits per heavy atom. The van der Waals surface area contributed by atoms with Crippen LogP contribution in [0.1, 0.15) is 44.0 Å². The Morgan fingerprint density at radius 1 is 1.47 bits per heavy atom. The van der Waals surface area contributed by atoms with Crippen LogP contribution in [-0.4, -0.2) is 22.5 Å². The topological polar surface area (TPSA) is 16.1 Å². The number of hydrogen-bond acceptors (Lipinski definition) is 2. The van der Waals surface area contributed by atoms with E-state index in [9.17, 15) is 0 Å². The summed E-state index contributed by atoms with van der Waals surface area (Å²) in [5.41, 5.74) is 2.57. The zero-order valence-electron chi connectivity index (χ0n) is 9.90. The van der Waals surface area contributed by atoms with Gasteiger partial charge in [-0.2, -0.15) is 0 Å². The van der Waals surface area contributed by atoms with Crippen LogP contribution in [0.15, 0.2) is 18.3 Å². The highest BCUT2D eigenvalue weighted by molar-refractivity contribution is 5.20. The molecule has 1 saturated heterocycles. The molecule has 0 saturated carbocycles. The largest absolute Gasteiger partial charge is 0.294 e. The van der Waals surface area contributed by atoms with Crippen molar-refractivity contribution in [2.75, 3.05) is 6.54 Å². The summed E-state index contributed by atoms with van der Waals surface area (Å²) in [5.74, 6) is 0. The van der Waals surface area contributed by atoms with E-state index in [-0.39, 0.29) is 0 Å². The number of rotatable bonds is 2. The highest BCUT2D eigenvalue weighted by Crippen LogP contribution is 2.33. The van der Waals surface area contributed by atoms with Gasteiger partial charge in [0.1, 0.15) is 0 Å².